The monoisotopic (exact) mass is 435 g/mol. The molecule has 0 radical (unpaired) electrons. The number of hydrogen-bond acceptors (Lipinski definition) is 5. The van der Waals surface area contributed by atoms with Gasteiger partial charge in [0.25, 0.3) is 0 Å². The number of nitrogens with one attached hydrogen (secondary N) is 1. The molecule has 1 aromatic carbocycles. The molecular formula is C15H18BrNO3S3. The molecule has 0 fully saturated rings. The third-order valence-corrected chi connectivity index (χ3v) is 7.68. The molecule has 2 aromatic rings. The SMILES string of the molecule is Cc1cccc(CSC[C@H](O)CNS(=O)(=O)c2ccc(Br)s2)c1. The third kappa shape index (κ3) is 6.21. The van der Waals surface area contributed by atoms with Gasteiger partial charge in [0.15, 0.2) is 0 Å². The number of aliphatic hydroxyl groups is 1. The molecule has 4 nitrogen and oxygen atoms in total. The van der Waals surface area contributed by atoms with Crippen molar-refractivity contribution >= 4 is 49.1 Å². The lowest BCUT2D eigenvalue weighted by atomic mass is 10.2. The summed E-state index contributed by atoms with van der Waals surface area (Å²) in [6, 6.07) is 11.4. The first-order valence-electron chi connectivity index (χ1n) is 6.93. The van der Waals surface area contributed by atoms with Crippen LogP contribution in [0.25, 0.3) is 0 Å². The highest BCUT2D eigenvalue weighted by atomic mass is 79.9. The number of thioether (sulfide) groups is 1. The van der Waals surface area contributed by atoms with E-state index in [0.717, 1.165) is 20.9 Å². The van der Waals surface area contributed by atoms with E-state index >= 15 is 0 Å². The molecule has 1 aromatic heterocycles. The van der Waals surface area contributed by atoms with Gasteiger partial charge in [-0.1, -0.05) is 29.8 Å². The number of halogens is 1. The lowest BCUT2D eigenvalue weighted by molar-refractivity contribution is 0.203. The number of aliphatic hydroxyl groups excluding tert-OH is 1. The zero-order valence-corrected chi connectivity index (χ0v) is 16.6. The van der Waals surface area contributed by atoms with E-state index in [1.54, 1.807) is 17.8 Å². The van der Waals surface area contributed by atoms with Crippen molar-refractivity contribution in [2.75, 3.05) is 12.3 Å². The number of hydrogen-bond donors (Lipinski definition) is 2. The second-order valence-electron chi connectivity index (χ2n) is 5.07. The fraction of sp³-hybridized carbons (Fsp3) is 0.333. The van der Waals surface area contributed by atoms with Crippen LogP contribution in [0.2, 0.25) is 0 Å². The first kappa shape index (κ1) is 19.0. The highest BCUT2D eigenvalue weighted by Gasteiger charge is 2.17. The van der Waals surface area contributed by atoms with Crippen LogP contribution in [0.3, 0.4) is 0 Å². The Balaban J connectivity index is 1.75. The number of rotatable bonds is 8. The van der Waals surface area contributed by atoms with E-state index in [1.165, 1.54) is 17.2 Å². The highest BCUT2D eigenvalue weighted by molar-refractivity contribution is 9.11. The summed E-state index contributed by atoms with van der Waals surface area (Å²) in [7, 11) is -3.55. The Morgan fingerprint density at radius 1 is 1.35 bits per heavy atom. The minimum atomic E-state index is -3.55. The summed E-state index contributed by atoms with van der Waals surface area (Å²) in [6.45, 7) is 2.05. The third-order valence-electron chi connectivity index (χ3n) is 2.98. The standard InChI is InChI=1S/C15H18BrNO3S3/c1-11-3-2-4-12(7-11)9-21-10-13(18)8-17-23(19,20)15-6-5-14(16)22-15/h2-7,13,17-18H,8-10H2,1H3/t13-/m1/s1. The Morgan fingerprint density at radius 2 is 2.13 bits per heavy atom. The molecule has 0 aliphatic carbocycles. The van der Waals surface area contributed by atoms with Gasteiger partial charge in [-0.05, 0) is 40.5 Å². The Morgan fingerprint density at radius 3 is 2.78 bits per heavy atom. The lowest BCUT2D eigenvalue weighted by Crippen LogP contribution is -2.33. The second kappa shape index (κ2) is 8.64. The molecule has 0 spiro atoms. The first-order valence-corrected chi connectivity index (χ1v) is 11.2. The molecular weight excluding hydrogens is 418 g/mol. The van der Waals surface area contributed by atoms with Gasteiger partial charge >= 0.3 is 0 Å². The average Bonchev–Trinajstić information content (AvgIpc) is 2.93. The summed E-state index contributed by atoms with van der Waals surface area (Å²) >= 11 is 5.97. The predicted molar refractivity (Wildman–Crippen MR) is 101 cm³/mol. The van der Waals surface area contributed by atoms with Crippen molar-refractivity contribution in [3.05, 3.63) is 51.3 Å². The van der Waals surface area contributed by atoms with Gasteiger partial charge in [-0.15, -0.1) is 11.3 Å². The quantitative estimate of drug-likeness (QED) is 0.666. The number of sulfonamides is 1. The van der Waals surface area contributed by atoms with Crippen molar-refractivity contribution in [2.24, 2.45) is 0 Å². The smallest absolute Gasteiger partial charge is 0.250 e. The number of thiophene rings is 1. The summed E-state index contributed by atoms with van der Waals surface area (Å²) in [6.07, 6.45) is -0.719. The lowest BCUT2D eigenvalue weighted by Gasteiger charge is -2.11. The van der Waals surface area contributed by atoms with Crippen LogP contribution >= 0.6 is 39.0 Å². The molecule has 0 bridgehead atoms. The highest BCUT2D eigenvalue weighted by Crippen LogP contribution is 2.25. The second-order valence-corrected chi connectivity index (χ2v) is 10.6. The van der Waals surface area contributed by atoms with Crippen molar-refractivity contribution in [3.8, 4) is 0 Å². The van der Waals surface area contributed by atoms with E-state index in [0.29, 0.717) is 5.75 Å². The van der Waals surface area contributed by atoms with Crippen LogP contribution in [-0.2, 0) is 15.8 Å². The first-order chi connectivity index (χ1) is 10.9. The van der Waals surface area contributed by atoms with Crippen LogP contribution in [0.5, 0.6) is 0 Å². The molecule has 8 heteroatoms. The van der Waals surface area contributed by atoms with Crippen LogP contribution < -0.4 is 4.72 Å². The molecule has 1 atom stereocenters. The molecule has 0 unspecified atom stereocenters. The summed E-state index contributed by atoms with van der Waals surface area (Å²) in [5.41, 5.74) is 2.41. The predicted octanol–water partition coefficient (Wildman–Crippen LogP) is 3.39. The molecule has 0 saturated heterocycles. The minimum Gasteiger partial charge on any atom is -0.391 e. The Kier molecular flexibility index (Phi) is 7.12. The zero-order valence-electron chi connectivity index (χ0n) is 12.5. The van der Waals surface area contributed by atoms with Gasteiger partial charge < -0.3 is 5.11 Å². The molecule has 0 saturated carbocycles. The van der Waals surface area contributed by atoms with Gasteiger partial charge in [0, 0.05) is 18.1 Å². The molecule has 0 aliphatic rings. The van der Waals surface area contributed by atoms with Crippen LogP contribution in [0.4, 0.5) is 0 Å². The van der Waals surface area contributed by atoms with Crippen LogP contribution in [-0.4, -0.2) is 31.9 Å². The maximum Gasteiger partial charge on any atom is 0.250 e. The van der Waals surface area contributed by atoms with E-state index in [-0.39, 0.29) is 10.8 Å². The van der Waals surface area contributed by atoms with E-state index in [9.17, 15) is 13.5 Å². The van der Waals surface area contributed by atoms with Crippen molar-refractivity contribution in [1.29, 1.82) is 0 Å². The van der Waals surface area contributed by atoms with Gasteiger partial charge in [0.2, 0.25) is 10.0 Å². The Labute approximate surface area is 153 Å². The van der Waals surface area contributed by atoms with Crippen molar-refractivity contribution in [3.63, 3.8) is 0 Å². The van der Waals surface area contributed by atoms with Gasteiger partial charge in [0.05, 0.1) is 9.89 Å². The normalized spacial score (nSPS) is 13.2. The van der Waals surface area contributed by atoms with Crippen LogP contribution in [0.1, 0.15) is 11.1 Å². The minimum absolute atomic E-state index is 0.0126. The summed E-state index contributed by atoms with van der Waals surface area (Å²) in [5.74, 6) is 1.27. The molecule has 2 N–H and O–H groups in total. The van der Waals surface area contributed by atoms with Crippen LogP contribution in [0, 0.1) is 6.92 Å². The van der Waals surface area contributed by atoms with Gasteiger partial charge in [0.1, 0.15) is 4.21 Å². The average molecular weight is 436 g/mol. The van der Waals surface area contributed by atoms with Crippen molar-refractivity contribution in [1.82, 2.24) is 4.72 Å². The maximum absolute atomic E-state index is 12.0. The summed E-state index contributed by atoms with van der Waals surface area (Å²) in [5, 5.41) is 9.94. The fourth-order valence-electron chi connectivity index (χ4n) is 1.89. The largest absolute Gasteiger partial charge is 0.391 e. The summed E-state index contributed by atoms with van der Waals surface area (Å²) < 4.78 is 27.5. The van der Waals surface area contributed by atoms with E-state index in [4.69, 9.17) is 0 Å². The van der Waals surface area contributed by atoms with E-state index in [1.807, 2.05) is 25.1 Å². The fourth-order valence-corrected chi connectivity index (χ4v) is 5.94. The van der Waals surface area contributed by atoms with Gasteiger partial charge in [-0.25, -0.2) is 13.1 Å². The molecule has 23 heavy (non-hydrogen) atoms. The number of benzene rings is 1. The number of aryl methyl sites for hydroxylation is 1. The maximum atomic E-state index is 12.0. The van der Waals surface area contributed by atoms with Gasteiger partial charge in [-0.3, -0.25) is 0 Å². The molecule has 126 valence electrons. The Bertz CT molecular complexity index is 746. The van der Waals surface area contributed by atoms with E-state index in [2.05, 4.69) is 26.7 Å². The van der Waals surface area contributed by atoms with Gasteiger partial charge in [-0.2, -0.15) is 11.8 Å². The topological polar surface area (TPSA) is 66.4 Å². The van der Waals surface area contributed by atoms with E-state index < -0.39 is 16.1 Å². The zero-order chi connectivity index (χ0) is 16.9. The summed E-state index contributed by atoms with van der Waals surface area (Å²) in [4.78, 5) is 0. The Hall–Kier alpha value is -0.380. The molecule has 2 rings (SSSR count). The molecule has 0 amide bonds. The molecule has 0 aliphatic heterocycles. The van der Waals surface area contributed by atoms with Crippen molar-refractivity contribution in [2.45, 2.75) is 23.0 Å². The molecule has 1 heterocycles. The van der Waals surface area contributed by atoms with Crippen molar-refractivity contribution < 1.29 is 13.5 Å². The van der Waals surface area contributed by atoms with Crippen LogP contribution in [0.15, 0.2) is 44.4 Å².